The van der Waals surface area contributed by atoms with Gasteiger partial charge in [0.05, 0.1) is 12.6 Å². The Kier molecular flexibility index (Phi) is 5.61. The maximum Gasteiger partial charge on any atom is 0.240 e. The van der Waals surface area contributed by atoms with Crippen LogP contribution in [0, 0.1) is 0 Å². The lowest BCUT2D eigenvalue weighted by atomic mass is 9.96. The summed E-state index contributed by atoms with van der Waals surface area (Å²) in [6, 6.07) is 21.9. The topological polar surface area (TPSA) is 45.4 Å². The van der Waals surface area contributed by atoms with Crippen molar-refractivity contribution in [1.82, 2.24) is 19.9 Å². The number of aromatic nitrogens is 2. The van der Waals surface area contributed by atoms with Gasteiger partial charge in [0.1, 0.15) is 0 Å². The third kappa shape index (κ3) is 4.26. The molecule has 1 aromatic heterocycles. The standard InChI is InChI=1S/C22H26N4O/c1-2-20-23-21(27-24-20)17-25-13-15-26(16-14-25)22(18-9-5-3-6-10-18)19-11-7-4-8-12-19/h3-12,22H,2,13-17H2,1H3. The predicted octanol–water partition coefficient (Wildman–Crippen LogP) is 3.54. The van der Waals surface area contributed by atoms with Crippen molar-refractivity contribution in [2.24, 2.45) is 0 Å². The van der Waals surface area contributed by atoms with E-state index >= 15 is 0 Å². The van der Waals surface area contributed by atoms with Crippen molar-refractivity contribution in [3.05, 3.63) is 83.5 Å². The zero-order valence-electron chi connectivity index (χ0n) is 15.8. The molecule has 0 saturated carbocycles. The Morgan fingerprint density at radius 3 is 2.00 bits per heavy atom. The highest BCUT2D eigenvalue weighted by Gasteiger charge is 2.26. The van der Waals surface area contributed by atoms with Crippen LogP contribution in [0.15, 0.2) is 65.2 Å². The molecule has 1 saturated heterocycles. The minimum Gasteiger partial charge on any atom is -0.338 e. The summed E-state index contributed by atoms with van der Waals surface area (Å²) < 4.78 is 5.35. The lowest BCUT2D eigenvalue weighted by Crippen LogP contribution is -2.47. The predicted molar refractivity (Wildman–Crippen MR) is 105 cm³/mol. The highest BCUT2D eigenvalue weighted by Crippen LogP contribution is 2.29. The van der Waals surface area contributed by atoms with Gasteiger partial charge in [0.25, 0.3) is 0 Å². The van der Waals surface area contributed by atoms with Gasteiger partial charge in [-0.3, -0.25) is 9.80 Å². The summed E-state index contributed by atoms with van der Waals surface area (Å²) in [4.78, 5) is 9.41. The van der Waals surface area contributed by atoms with Crippen LogP contribution in [0.2, 0.25) is 0 Å². The molecule has 4 rings (SSSR count). The molecule has 27 heavy (non-hydrogen) atoms. The molecule has 1 fully saturated rings. The molecule has 1 aliphatic rings. The van der Waals surface area contributed by atoms with Crippen molar-refractivity contribution < 1.29 is 4.52 Å². The van der Waals surface area contributed by atoms with Gasteiger partial charge in [0.2, 0.25) is 5.89 Å². The lowest BCUT2D eigenvalue weighted by Gasteiger charge is -2.39. The molecule has 0 bridgehead atoms. The van der Waals surface area contributed by atoms with Crippen molar-refractivity contribution in [1.29, 1.82) is 0 Å². The van der Waals surface area contributed by atoms with Gasteiger partial charge in [-0.25, -0.2) is 0 Å². The van der Waals surface area contributed by atoms with E-state index in [1.54, 1.807) is 0 Å². The summed E-state index contributed by atoms with van der Waals surface area (Å²) in [6.07, 6.45) is 0.813. The van der Waals surface area contributed by atoms with E-state index in [0.717, 1.165) is 50.9 Å². The molecule has 0 spiro atoms. The molecule has 0 unspecified atom stereocenters. The minimum atomic E-state index is 0.296. The van der Waals surface area contributed by atoms with Gasteiger partial charge in [0.15, 0.2) is 5.82 Å². The fraction of sp³-hybridized carbons (Fsp3) is 0.364. The Hall–Kier alpha value is -2.50. The SMILES string of the molecule is CCc1noc(CN2CCN(C(c3ccccc3)c3ccccc3)CC2)n1. The highest BCUT2D eigenvalue weighted by molar-refractivity contribution is 5.31. The van der Waals surface area contributed by atoms with E-state index in [9.17, 15) is 0 Å². The maximum atomic E-state index is 5.35. The monoisotopic (exact) mass is 362 g/mol. The van der Waals surface area contributed by atoms with Crippen LogP contribution >= 0.6 is 0 Å². The first kappa shape index (κ1) is 17.9. The van der Waals surface area contributed by atoms with E-state index < -0.39 is 0 Å². The van der Waals surface area contributed by atoms with Crippen LogP contribution in [-0.4, -0.2) is 46.1 Å². The fourth-order valence-electron chi connectivity index (χ4n) is 3.75. The minimum absolute atomic E-state index is 0.296. The molecule has 3 aromatic rings. The normalized spacial score (nSPS) is 16.1. The molecule has 5 heteroatoms. The van der Waals surface area contributed by atoms with Crippen LogP contribution < -0.4 is 0 Å². The van der Waals surface area contributed by atoms with E-state index in [1.165, 1.54) is 11.1 Å². The van der Waals surface area contributed by atoms with E-state index in [4.69, 9.17) is 4.52 Å². The average molecular weight is 362 g/mol. The molecule has 140 valence electrons. The number of aryl methyl sites for hydroxylation is 1. The summed E-state index contributed by atoms with van der Waals surface area (Å²) in [5.74, 6) is 1.51. The number of benzene rings is 2. The van der Waals surface area contributed by atoms with Gasteiger partial charge in [-0.15, -0.1) is 0 Å². The van der Waals surface area contributed by atoms with E-state index in [-0.39, 0.29) is 0 Å². The smallest absolute Gasteiger partial charge is 0.240 e. The number of piperazine rings is 1. The van der Waals surface area contributed by atoms with Gasteiger partial charge >= 0.3 is 0 Å². The molecule has 1 aliphatic heterocycles. The van der Waals surface area contributed by atoms with E-state index in [2.05, 4.69) is 80.6 Å². The summed E-state index contributed by atoms with van der Waals surface area (Å²) in [6.45, 7) is 6.81. The number of nitrogens with zero attached hydrogens (tertiary/aromatic N) is 4. The van der Waals surface area contributed by atoms with Crippen LogP contribution in [0.5, 0.6) is 0 Å². The van der Waals surface area contributed by atoms with Crippen LogP contribution in [0.3, 0.4) is 0 Å². The largest absolute Gasteiger partial charge is 0.338 e. The molecule has 2 aromatic carbocycles. The molecule has 5 nitrogen and oxygen atoms in total. The van der Waals surface area contributed by atoms with Gasteiger partial charge in [0, 0.05) is 32.6 Å². The molecule has 2 heterocycles. The third-order valence-electron chi connectivity index (χ3n) is 5.19. The Labute approximate surface area is 160 Å². The third-order valence-corrected chi connectivity index (χ3v) is 5.19. The second-order valence-electron chi connectivity index (χ2n) is 6.99. The maximum absolute atomic E-state index is 5.35. The zero-order valence-corrected chi connectivity index (χ0v) is 15.8. The second kappa shape index (κ2) is 8.46. The first-order valence-corrected chi connectivity index (χ1v) is 9.71. The molecule has 0 radical (unpaired) electrons. The number of rotatable bonds is 6. The summed E-state index contributed by atoms with van der Waals surface area (Å²) >= 11 is 0. The van der Waals surface area contributed by atoms with Crippen LogP contribution in [0.4, 0.5) is 0 Å². The molecule has 0 N–H and O–H groups in total. The Morgan fingerprint density at radius 1 is 0.889 bits per heavy atom. The van der Waals surface area contributed by atoms with Gasteiger partial charge < -0.3 is 4.52 Å². The van der Waals surface area contributed by atoms with Gasteiger partial charge in [-0.05, 0) is 11.1 Å². The zero-order chi connectivity index (χ0) is 18.5. The highest BCUT2D eigenvalue weighted by atomic mass is 16.5. The van der Waals surface area contributed by atoms with E-state index in [1.807, 2.05) is 6.92 Å². The molecular weight excluding hydrogens is 336 g/mol. The summed E-state index contributed by atoms with van der Waals surface area (Å²) in [7, 11) is 0. The average Bonchev–Trinajstić information content (AvgIpc) is 3.19. The Balaban J connectivity index is 1.45. The molecule has 0 aliphatic carbocycles. The van der Waals surface area contributed by atoms with Crippen molar-refractivity contribution in [2.45, 2.75) is 25.9 Å². The summed E-state index contributed by atoms with van der Waals surface area (Å²) in [5.41, 5.74) is 2.70. The van der Waals surface area contributed by atoms with E-state index in [0.29, 0.717) is 6.04 Å². The van der Waals surface area contributed by atoms with Crippen molar-refractivity contribution in [3.63, 3.8) is 0 Å². The second-order valence-corrected chi connectivity index (χ2v) is 6.99. The summed E-state index contributed by atoms with van der Waals surface area (Å²) in [5, 5.41) is 4.00. The fourth-order valence-corrected chi connectivity index (χ4v) is 3.75. The first-order valence-electron chi connectivity index (χ1n) is 9.71. The molecule has 0 amide bonds. The Morgan fingerprint density at radius 2 is 1.48 bits per heavy atom. The van der Waals surface area contributed by atoms with Crippen LogP contribution in [0.25, 0.3) is 0 Å². The van der Waals surface area contributed by atoms with Crippen molar-refractivity contribution in [2.75, 3.05) is 26.2 Å². The number of hydrogen-bond donors (Lipinski definition) is 0. The Bertz CT molecular complexity index is 786. The number of hydrogen-bond acceptors (Lipinski definition) is 5. The molecular formula is C22H26N4O. The van der Waals surface area contributed by atoms with Gasteiger partial charge in [-0.1, -0.05) is 72.7 Å². The van der Waals surface area contributed by atoms with Crippen LogP contribution in [0.1, 0.15) is 35.8 Å². The van der Waals surface area contributed by atoms with Gasteiger partial charge in [-0.2, -0.15) is 4.98 Å². The quantitative estimate of drug-likeness (QED) is 0.671. The lowest BCUT2D eigenvalue weighted by molar-refractivity contribution is 0.0966. The first-order chi connectivity index (χ1) is 13.3. The van der Waals surface area contributed by atoms with Crippen LogP contribution in [-0.2, 0) is 13.0 Å². The van der Waals surface area contributed by atoms with Crippen molar-refractivity contribution >= 4 is 0 Å². The van der Waals surface area contributed by atoms with Crippen molar-refractivity contribution in [3.8, 4) is 0 Å². The molecule has 0 atom stereocenters.